The van der Waals surface area contributed by atoms with E-state index in [2.05, 4.69) is 0 Å². The van der Waals surface area contributed by atoms with E-state index >= 15 is 0 Å². The molecule has 1 aromatic rings. The molecule has 0 aliphatic heterocycles. The van der Waals surface area contributed by atoms with Crippen molar-refractivity contribution in [2.24, 2.45) is 0 Å². The van der Waals surface area contributed by atoms with Gasteiger partial charge in [0.15, 0.2) is 0 Å². The highest BCUT2D eigenvalue weighted by Gasteiger charge is 2.04. The zero-order chi connectivity index (χ0) is 7.56. The Morgan fingerprint density at radius 1 is 1.80 bits per heavy atom. The normalized spacial score (nSPS) is 9.70. The van der Waals surface area contributed by atoms with E-state index in [0.29, 0.717) is 17.1 Å². The zero-order valence-electron chi connectivity index (χ0n) is 5.13. The molecule has 0 fully saturated rings. The fourth-order valence-corrected chi connectivity index (χ4v) is 1.69. The number of halogens is 1. The quantitative estimate of drug-likeness (QED) is 0.696. The van der Waals surface area contributed by atoms with Gasteiger partial charge in [-0.2, -0.15) is 0 Å². The smallest absolute Gasteiger partial charge is 0.125 e. The Bertz CT molecular complexity index is 246. The second-order valence-corrected chi connectivity index (χ2v) is 3.16. The van der Waals surface area contributed by atoms with E-state index in [4.69, 9.17) is 17.3 Å². The SMILES string of the molecule is Nc1c(Cl)csc1CC=O. The van der Waals surface area contributed by atoms with Crippen LogP contribution in [0.4, 0.5) is 5.69 Å². The molecule has 1 rings (SSSR count). The molecule has 2 nitrogen and oxygen atoms in total. The maximum atomic E-state index is 10.0. The van der Waals surface area contributed by atoms with E-state index < -0.39 is 0 Å². The molecular formula is C6H6ClNOS. The van der Waals surface area contributed by atoms with Gasteiger partial charge in [-0.1, -0.05) is 11.6 Å². The number of aldehydes is 1. The Kier molecular flexibility index (Phi) is 2.29. The van der Waals surface area contributed by atoms with Gasteiger partial charge in [-0.05, 0) is 0 Å². The Labute approximate surface area is 67.6 Å². The molecule has 0 spiro atoms. The molecule has 0 unspecified atom stereocenters. The first kappa shape index (κ1) is 7.57. The zero-order valence-corrected chi connectivity index (χ0v) is 6.71. The van der Waals surface area contributed by atoms with Crippen LogP contribution in [0.25, 0.3) is 0 Å². The first-order valence-electron chi connectivity index (χ1n) is 2.70. The van der Waals surface area contributed by atoms with Crippen molar-refractivity contribution < 1.29 is 4.79 Å². The average molecular weight is 176 g/mol. The molecule has 4 heteroatoms. The highest BCUT2D eigenvalue weighted by Crippen LogP contribution is 2.29. The Balaban J connectivity index is 2.93. The maximum Gasteiger partial charge on any atom is 0.125 e. The van der Waals surface area contributed by atoms with Crippen LogP contribution in [0.1, 0.15) is 4.88 Å². The molecule has 0 amide bonds. The lowest BCUT2D eigenvalue weighted by Crippen LogP contribution is -1.89. The number of hydrogen-bond donors (Lipinski definition) is 1. The molecule has 0 saturated heterocycles. The fourth-order valence-electron chi connectivity index (χ4n) is 0.617. The van der Waals surface area contributed by atoms with Crippen molar-refractivity contribution in [2.75, 3.05) is 5.73 Å². The second kappa shape index (κ2) is 3.03. The number of thiophene rings is 1. The minimum Gasteiger partial charge on any atom is -0.397 e. The van der Waals surface area contributed by atoms with Crippen LogP contribution in [0.2, 0.25) is 5.02 Å². The summed E-state index contributed by atoms with van der Waals surface area (Å²) in [5.41, 5.74) is 6.05. The van der Waals surface area contributed by atoms with E-state index in [1.807, 2.05) is 0 Å². The summed E-state index contributed by atoms with van der Waals surface area (Å²) in [7, 11) is 0. The van der Waals surface area contributed by atoms with Crippen molar-refractivity contribution in [3.63, 3.8) is 0 Å². The molecule has 0 saturated carbocycles. The predicted octanol–water partition coefficient (Wildman–Crippen LogP) is 1.73. The summed E-state index contributed by atoms with van der Waals surface area (Å²) in [6.07, 6.45) is 1.18. The summed E-state index contributed by atoms with van der Waals surface area (Å²) in [5, 5.41) is 2.28. The molecule has 0 aliphatic rings. The Morgan fingerprint density at radius 3 is 2.90 bits per heavy atom. The topological polar surface area (TPSA) is 43.1 Å². The summed E-state index contributed by atoms with van der Waals surface area (Å²) < 4.78 is 0. The fraction of sp³-hybridized carbons (Fsp3) is 0.167. The van der Waals surface area contributed by atoms with Gasteiger partial charge in [0.1, 0.15) is 6.29 Å². The van der Waals surface area contributed by atoms with Gasteiger partial charge in [-0.25, -0.2) is 0 Å². The summed E-state index contributed by atoms with van der Waals surface area (Å²) >= 11 is 7.05. The third-order valence-corrected chi connectivity index (χ3v) is 2.60. The van der Waals surface area contributed by atoms with Crippen LogP contribution >= 0.6 is 22.9 Å². The van der Waals surface area contributed by atoms with Gasteiger partial charge in [-0.15, -0.1) is 11.3 Å². The van der Waals surface area contributed by atoms with Crippen molar-refractivity contribution in [3.05, 3.63) is 15.3 Å². The van der Waals surface area contributed by atoms with Crippen molar-refractivity contribution in [1.82, 2.24) is 0 Å². The van der Waals surface area contributed by atoms with E-state index in [1.54, 1.807) is 5.38 Å². The molecule has 10 heavy (non-hydrogen) atoms. The third kappa shape index (κ3) is 1.30. The summed E-state index contributed by atoms with van der Waals surface area (Å²) in [4.78, 5) is 10.9. The predicted molar refractivity (Wildman–Crippen MR) is 43.5 cm³/mol. The van der Waals surface area contributed by atoms with Crippen LogP contribution in [-0.2, 0) is 11.2 Å². The Morgan fingerprint density at radius 2 is 2.50 bits per heavy atom. The molecule has 1 aromatic heterocycles. The number of nitrogens with two attached hydrogens (primary N) is 1. The summed E-state index contributed by atoms with van der Waals surface area (Å²) in [6, 6.07) is 0. The second-order valence-electron chi connectivity index (χ2n) is 1.79. The van der Waals surface area contributed by atoms with E-state index in [-0.39, 0.29) is 0 Å². The Hall–Kier alpha value is -0.540. The lowest BCUT2D eigenvalue weighted by molar-refractivity contribution is -0.107. The summed E-state index contributed by atoms with van der Waals surface area (Å²) in [5.74, 6) is 0. The van der Waals surface area contributed by atoms with Gasteiger partial charge in [0, 0.05) is 16.7 Å². The largest absolute Gasteiger partial charge is 0.397 e. The monoisotopic (exact) mass is 175 g/mol. The lowest BCUT2D eigenvalue weighted by atomic mass is 10.3. The van der Waals surface area contributed by atoms with Crippen LogP contribution in [0, 0.1) is 0 Å². The molecule has 0 radical (unpaired) electrons. The molecular weight excluding hydrogens is 170 g/mol. The third-order valence-electron chi connectivity index (χ3n) is 1.13. The number of anilines is 1. The first-order valence-corrected chi connectivity index (χ1v) is 3.96. The molecule has 0 atom stereocenters. The van der Waals surface area contributed by atoms with Gasteiger partial charge in [0.05, 0.1) is 10.7 Å². The van der Waals surface area contributed by atoms with Crippen molar-refractivity contribution in [3.8, 4) is 0 Å². The van der Waals surface area contributed by atoms with Crippen LogP contribution in [0.5, 0.6) is 0 Å². The average Bonchev–Trinajstić information content (AvgIpc) is 2.20. The van der Waals surface area contributed by atoms with Gasteiger partial charge in [-0.3, -0.25) is 0 Å². The molecule has 0 aromatic carbocycles. The molecule has 2 N–H and O–H groups in total. The number of carbonyl (C=O) groups excluding carboxylic acids is 1. The first-order chi connectivity index (χ1) is 4.75. The van der Waals surface area contributed by atoms with Crippen LogP contribution in [-0.4, -0.2) is 6.29 Å². The van der Waals surface area contributed by atoms with E-state index in [1.165, 1.54) is 11.3 Å². The van der Waals surface area contributed by atoms with Crippen LogP contribution in [0.15, 0.2) is 5.38 Å². The molecule has 0 bridgehead atoms. The maximum absolute atomic E-state index is 10.0. The van der Waals surface area contributed by atoms with E-state index in [9.17, 15) is 4.79 Å². The lowest BCUT2D eigenvalue weighted by Gasteiger charge is -1.90. The van der Waals surface area contributed by atoms with Crippen LogP contribution < -0.4 is 5.73 Å². The minimum atomic E-state index is 0.364. The number of nitrogen functional groups attached to an aromatic ring is 1. The number of carbonyl (C=O) groups is 1. The standard InChI is InChI=1S/C6H6ClNOS/c7-4-3-10-5(1-2-9)6(4)8/h2-3H,1,8H2. The van der Waals surface area contributed by atoms with Crippen molar-refractivity contribution in [1.29, 1.82) is 0 Å². The molecule has 1 heterocycles. The van der Waals surface area contributed by atoms with E-state index in [0.717, 1.165) is 11.2 Å². The van der Waals surface area contributed by atoms with Crippen molar-refractivity contribution in [2.45, 2.75) is 6.42 Å². The van der Waals surface area contributed by atoms with Crippen molar-refractivity contribution >= 4 is 34.9 Å². The molecule has 54 valence electrons. The van der Waals surface area contributed by atoms with Gasteiger partial charge < -0.3 is 10.5 Å². The molecule has 0 aliphatic carbocycles. The minimum absolute atomic E-state index is 0.364. The van der Waals surface area contributed by atoms with Gasteiger partial charge in [0.2, 0.25) is 0 Å². The highest BCUT2D eigenvalue weighted by molar-refractivity contribution is 7.11. The number of rotatable bonds is 2. The van der Waals surface area contributed by atoms with Gasteiger partial charge >= 0.3 is 0 Å². The number of hydrogen-bond acceptors (Lipinski definition) is 3. The van der Waals surface area contributed by atoms with Gasteiger partial charge in [0.25, 0.3) is 0 Å². The highest BCUT2D eigenvalue weighted by atomic mass is 35.5. The summed E-state index contributed by atoms with van der Waals surface area (Å²) in [6.45, 7) is 0. The van der Waals surface area contributed by atoms with Crippen LogP contribution in [0.3, 0.4) is 0 Å².